The third kappa shape index (κ3) is 19.4. The predicted molar refractivity (Wildman–Crippen MR) is 156 cm³/mol. The minimum absolute atomic E-state index is 0.0888. The van der Waals surface area contributed by atoms with Crippen LogP contribution < -0.4 is 10.2 Å². The Morgan fingerprint density at radius 3 is 1.06 bits per heavy atom. The van der Waals surface area contributed by atoms with Crippen molar-refractivity contribution in [2.24, 2.45) is 0 Å². The average molecular weight is 739 g/mol. The van der Waals surface area contributed by atoms with Crippen LogP contribution in [0.1, 0.15) is 32.1 Å². The van der Waals surface area contributed by atoms with E-state index in [1.807, 2.05) is 0 Å². The highest BCUT2D eigenvalue weighted by Gasteiger charge is 2.45. The zero-order valence-electron chi connectivity index (χ0n) is 28.9. The molecule has 2 N–H and O–H groups in total. The molecule has 51 heavy (non-hydrogen) atoms. The smallest absolute Gasteiger partial charge is 0.344 e. The third-order valence-corrected chi connectivity index (χ3v) is 6.14. The van der Waals surface area contributed by atoms with E-state index in [4.69, 9.17) is 9.47 Å². The number of carboxylic acid groups (broad SMARTS) is 4. The highest BCUT2D eigenvalue weighted by Crippen LogP contribution is 2.25. The predicted octanol–water partition coefficient (Wildman–Crippen LogP) is -5.24. The first-order valence-corrected chi connectivity index (χ1v) is 14.7. The average Bonchev–Trinajstić information content (AvgIpc) is 2.92. The molecule has 0 saturated carbocycles. The van der Waals surface area contributed by atoms with Crippen molar-refractivity contribution >= 4 is 59.7 Å². The van der Waals surface area contributed by atoms with Gasteiger partial charge >= 0.3 is 47.8 Å². The summed E-state index contributed by atoms with van der Waals surface area (Å²) in [6.45, 7) is -1.56. The normalized spacial score (nSPS) is 13.6. The lowest BCUT2D eigenvalue weighted by Crippen LogP contribution is -2.55. The lowest BCUT2D eigenvalue weighted by atomic mass is 9.94. The monoisotopic (exact) mass is 738 g/mol. The number of likely N-dealkylation sites (N-methyl/N-ethyl adjacent to an activating group) is 2. The number of nitrogens with zero attached hydrogens (tertiary/aromatic N) is 2. The lowest BCUT2D eigenvalue weighted by Gasteiger charge is -2.33. The highest BCUT2D eigenvalue weighted by molar-refractivity contribution is 5.97. The van der Waals surface area contributed by atoms with Gasteiger partial charge in [-0.3, -0.25) is 28.8 Å². The number of quaternary nitrogens is 2. The van der Waals surface area contributed by atoms with E-state index in [0.29, 0.717) is 22.1 Å². The van der Waals surface area contributed by atoms with Crippen LogP contribution in [-0.2, 0) is 76.4 Å². The molecule has 0 aliphatic rings. The standard InChI is InChI=1S/C29H42N2O20/c1-30(2,3)7-9-46-24(40)16-48-22(38)14-28(26(42)43,12-18(32)33)50-20(36)11-21(37)51-29(27(44)45,13-19(34)35)15-23(39)49-17-25(41)47-10-8-31(4,5)6/h7-17H2,1-6H3,(H2-2,32,33,34,35,42,43,44,45). The van der Waals surface area contributed by atoms with Gasteiger partial charge in [0.1, 0.15) is 32.7 Å². The van der Waals surface area contributed by atoms with Crippen LogP contribution in [0.4, 0.5) is 0 Å². The Kier molecular flexibility index (Phi) is 17.6. The number of ether oxygens (including phenoxy) is 6. The summed E-state index contributed by atoms with van der Waals surface area (Å²) in [5.74, 6) is -18.1. The third-order valence-electron chi connectivity index (χ3n) is 6.14. The number of esters is 6. The molecule has 2 unspecified atom stereocenters. The summed E-state index contributed by atoms with van der Waals surface area (Å²) in [6.07, 6.45) is -8.18. The summed E-state index contributed by atoms with van der Waals surface area (Å²) >= 11 is 0. The Morgan fingerprint density at radius 1 is 0.490 bits per heavy atom. The maximum absolute atomic E-state index is 12.6. The van der Waals surface area contributed by atoms with Gasteiger partial charge in [-0.2, -0.15) is 0 Å². The molecule has 0 aliphatic carbocycles. The van der Waals surface area contributed by atoms with Crippen molar-refractivity contribution in [3.63, 3.8) is 0 Å². The summed E-state index contributed by atoms with van der Waals surface area (Å²) in [6, 6.07) is 0. The highest BCUT2D eigenvalue weighted by atomic mass is 16.6. The fourth-order valence-corrected chi connectivity index (χ4v) is 3.55. The van der Waals surface area contributed by atoms with Crippen molar-refractivity contribution in [3.8, 4) is 0 Å². The Bertz CT molecular complexity index is 1250. The molecule has 0 heterocycles. The van der Waals surface area contributed by atoms with Crippen LogP contribution in [-0.4, -0.2) is 172 Å². The van der Waals surface area contributed by atoms with Crippen LogP contribution in [0.3, 0.4) is 0 Å². The second-order valence-corrected chi connectivity index (χ2v) is 13.0. The molecule has 0 aromatic rings. The number of hydrogen-bond donors (Lipinski definition) is 2. The molecule has 0 spiro atoms. The SMILES string of the molecule is C[N+](C)(C)CCOC(=O)COC(=O)CC(CC(=O)O)(OC(=O)CC(=O)OC(CC(=O)O)(CC(=O)OCC(=O)OCC[N+](C)(C)C)C(=O)[O-])C(=O)[O-]. The molecule has 22 nitrogen and oxygen atoms in total. The molecule has 0 aliphatic heterocycles. The van der Waals surface area contributed by atoms with Crippen LogP contribution in [0.2, 0.25) is 0 Å². The number of rotatable bonds is 24. The largest absolute Gasteiger partial charge is 0.546 e. The molecule has 22 heteroatoms. The zero-order chi connectivity index (χ0) is 39.8. The lowest BCUT2D eigenvalue weighted by molar-refractivity contribution is -0.870. The Hall–Kier alpha value is -5.38. The van der Waals surface area contributed by atoms with E-state index in [1.165, 1.54) is 0 Å². The van der Waals surface area contributed by atoms with Gasteiger partial charge in [0, 0.05) is 0 Å². The van der Waals surface area contributed by atoms with Crippen molar-refractivity contribution in [2.45, 2.75) is 43.3 Å². The summed E-state index contributed by atoms with van der Waals surface area (Å²) in [7, 11) is 10.8. The van der Waals surface area contributed by atoms with E-state index in [1.54, 1.807) is 42.3 Å². The van der Waals surface area contributed by atoms with Gasteiger partial charge < -0.3 is 67.4 Å². The molecule has 2 atom stereocenters. The van der Waals surface area contributed by atoms with Crippen LogP contribution in [0.25, 0.3) is 0 Å². The Morgan fingerprint density at radius 2 is 0.804 bits per heavy atom. The first-order valence-electron chi connectivity index (χ1n) is 14.7. The molecule has 0 saturated heterocycles. The van der Waals surface area contributed by atoms with Gasteiger partial charge in [0.05, 0.1) is 79.9 Å². The topological polar surface area (TPSA) is 313 Å². The van der Waals surface area contributed by atoms with Crippen LogP contribution in [0, 0.1) is 0 Å². The number of carbonyl (C=O) groups excluding carboxylic acids is 8. The van der Waals surface area contributed by atoms with Gasteiger partial charge in [-0.25, -0.2) is 9.59 Å². The first-order chi connectivity index (χ1) is 23.2. The van der Waals surface area contributed by atoms with E-state index in [-0.39, 0.29) is 13.2 Å². The minimum Gasteiger partial charge on any atom is -0.546 e. The Balaban J connectivity index is 5.73. The van der Waals surface area contributed by atoms with E-state index < -0.39 is 116 Å². The maximum atomic E-state index is 12.6. The number of hydrogen-bond acceptors (Lipinski definition) is 18. The molecule has 0 bridgehead atoms. The van der Waals surface area contributed by atoms with Crippen molar-refractivity contribution in [1.29, 1.82) is 0 Å². The summed E-state index contributed by atoms with van der Waals surface area (Å²) in [5.41, 5.74) is -6.71. The molecular weight excluding hydrogens is 696 g/mol. The summed E-state index contributed by atoms with van der Waals surface area (Å²) < 4.78 is 28.9. The molecule has 0 amide bonds. The van der Waals surface area contributed by atoms with E-state index in [0.717, 1.165) is 0 Å². The number of carbonyl (C=O) groups is 10. The van der Waals surface area contributed by atoms with E-state index >= 15 is 0 Å². The molecular formula is C29H42N2O20. The van der Waals surface area contributed by atoms with Gasteiger partial charge in [-0.1, -0.05) is 0 Å². The minimum atomic E-state index is -3.36. The molecule has 0 radical (unpaired) electrons. The maximum Gasteiger partial charge on any atom is 0.344 e. The first kappa shape index (κ1) is 45.6. The van der Waals surface area contributed by atoms with E-state index in [9.17, 15) is 68.4 Å². The number of carboxylic acids is 4. The quantitative estimate of drug-likeness (QED) is 0.0404. The fourth-order valence-electron chi connectivity index (χ4n) is 3.55. The van der Waals surface area contributed by atoms with Gasteiger partial charge in [-0.15, -0.1) is 0 Å². The summed E-state index contributed by atoms with van der Waals surface area (Å²) in [5, 5.41) is 42.3. The van der Waals surface area contributed by atoms with Gasteiger partial charge in [0.2, 0.25) is 0 Å². The molecule has 0 fully saturated rings. The number of aliphatic carboxylic acids is 4. The van der Waals surface area contributed by atoms with E-state index in [2.05, 4.69) is 18.9 Å². The van der Waals surface area contributed by atoms with Crippen molar-refractivity contribution < 1.29 is 106 Å². The molecule has 0 aromatic carbocycles. The summed E-state index contributed by atoms with van der Waals surface area (Å²) in [4.78, 5) is 120. The molecule has 0 rings (SSSR count). The fraction of sp³-hybridized carbons (Fsp3) is 0.655. The Labute approximate surface area is 290 Å². The van der Waals surface area contributed by atoms with Gasteiger partial charge in [0.25, 0.3) is 0 Å². The second-order valence-electron chi connectivity index (χ2n) is 13.0. The molecule has 0 aromatic heterocycles. The molecule has 288 valence electrons. The van der Waals surface area contributed by atoms with Gasteiger partial charge in [-0.05, 0) is 0 Å². The van der Waals surface area contributed by atoms with Crippen molar-refractivity contribution in [3.05, 3.63) is 0 Å². The van der Waals surface area contributed by atoms with Crippen LogP contribution in [0.5, 0.6) is 0 Å². The zero-order valence-corrected chi connectivity index (χ0v) is 28.9. The van der Waals surface area contributed by atoms with Crippen LogP contribution in [0.15, 0.2) is 0 Å². The van der Waals surface area contributed by atoms with Gasteiger partial charge in [0.15, 0.2) is 24.4 Å². The van der Waals surface area contributed by atoms with Crippen LogP contribution >= 0.6 is 0 Å². The second kappa shape index (κ2) is 19.7. The van der Waals surface area contributed by atoms with Crippen molar-refractivity contribution in [1.82, 2.24) is 0 Å². The van der Waals surface area contributed by atoms with Crippen molar-refractivity contribution in [2.75, 3.05) is 81.8 Å².